The number of benzene rings is 2. The summed E-state index contributed by atoms with van der Waals surface area (Å²) in [6, 6.07) is 11.0. The van der Waals surface area contributed by atoms with Gasteiger partial charge in [0.15, 0.2) is 6.61 Å². The van der Waals surface area contributed by atoms with E-state index in [0.717, 1.165) is 27.8 Å². The lowest BCUT2D eigenvalue weighted by molar-refractivity contribution is -0.137. The minimum atomic E-state index is -4.56. The molecule has 9 heteroatoms. The van der Waals surface area contributed by atoms with Crippen molar-refractivity contribution in [2.75, 3.05) is 6.61 Å². The number of halogens is 1. The highest BCUT2D eigenvalue weighted by Crippen LogP contribution is 2.16. The second kappa shape index (κ2) is 7.73. The zero-order valence-electron chi connectivity index (χ0n) is 12.0. The molecule has 126 valence electrons. The van der Waals surface area contributed by atoms with E-state index in [1.807, 2.05) is 22.6 Å². The van der Waals surface area contributed by atoms with Crippen molar-refractivity contribution in [3.05, 3.63) is 57.7 Å². The van der Waals surface area contributed by atoms with Crippen LogP contribution in [0.1, 0.15) is 10.4 Å². The normalized spacial score (nSPS) is 10.9. The zero-order chi connectivity index (χ0) is 17.7. The number of carbonyl (C=O) groups is 2. The molecule has 0 aliphatic carbocycles. The fourth-order valence-corrected chi connectivity index (χ4v) is 2.67. The summed E-state index contributed by atoms with van der Waals surface area (Å²) in [5.41, 5.74) is 0.305. The molecule has 2 aromatic rings. The van der Waals surface area contributed by atoms with Gasteiger partial charge in [-0.05, 0) is 65.1 Å². The lowest BCUT2D eigenvalue weighted by atomic mass is 10.2. The Hall–Kier alpha value is -1.98. The van der Waals surface area contributed by atoms with Crippen LogP contribution in [-0.2, 0) is 19.6 Å². The van der Waals surface area contributed by atoms with Crippen molar-refractivity contribution in [3.63, 3.8) is 0 Å². The molecule has 0 fully saturated rings. The summed E-state index contributed by atoms with van der Waals surface area (Å²) < 4.78 is 42.9. The molecule has 0 saturated carbocycles. The van der Waals surface area contributed by atoms with Crippen LogP contribution >= 0.6 is 22.6 Å². The molecule has 0 N–H and O–H groups in total. The van der Waals surface area contributed by atoms with Gasteiger partial charge in [0, 0.05) is 3.57 Å². The van der Waals surface area contributed by atoms with Gasteiger partial charge in [-0.2, -0.15) is 0 Å². The van der Waals surface area contributed by atoms with Gasteiger partial charge in [0.2, 0.25) is 0 Å². The Morgan fingerprint density at radius 3 is 2.33 bits per heavy atom. The first-order chi connectivity index (χ1) is 11.3. The van der Waals surface area contributed by atoms with Crippen molar-refractivity contribution in [3.8, 4) is 5.75 Å². The molecule has 0 saturated heterocycles. The smallest absolute Gasteiger partial charge is 0.349 e. The van der Waals surface area contributed by atoms with Crippen LogP contribution in [0.5, 0.6) is 5.75 Å². The Balaban J connectivity index is 1.90. The third kappa shape index (κ3) is 5.28. The molecule has 24 heavy (non-hydrogen) atoms. The molecule has 0 heterocycles. The largest absolute Gasteiger partial charge is 0.744 e. The summed E-state index contributed by atoms with van der Waals surface area (Å²) in [4.78, 5) is 23.0. The number of rotatable bonds is 5. The average molecular weight is 461 g/mol. The van der Waals surface area contributed by atoms with Gasteiger partial charge in [-0.1, -0.05) is 6.07 Å². The Morgan fingerprint density at radius 1 is 1.08 bits per heavy atom. The van der Waals surface area contributed by atoms with Crippen molar-refractivity contribution >= 4 is 44.6 Å². The van der Waals surface area contributed by atoms with Crippen LogP contribution in [0, 0.1) is 3.57 Å². The quantitative estimate of drug-likeness (QED) is 0.290. The number of carbonyl (C=O) groups excluding carboxylic acids is 2. The van der Waals surface area contributed by atoms with Gasteiger partial charge in [-0.15, -0.1) is 0 Å². The molecule has 0 atom stereocenters. The summed E-state index contributed by atoms with van der Waals surface area (Å²) in [6.07, 6.45) is 0. The summed E-state index contributed by atoms with van der Waals surface area (Å²) in [5.74, 6) is -1.48. The maximum absolute atomic E-state index is 11.8. The molecule has 0 aliphatic heterocycles. The van der Waals surface area contributed by atoms with E-state index in [4.69, 9.17) is 9.47 Å². The van der Waals surface area contributed by atoms with Gasteiger partial charge in [0.05, 0.1) is 10.5 Å². The molecule has 0 amide bonds. The predicted octanol–water partition coefficient (Wildman–Crippen LogP) is 1.96. The van der Waals surface area contributed by atoms with E-state index in [0.29, 0.717) is 5.56 Å². The second-order valence-corrected chi connectivity index (χ2v) is 7.11. The molecule has 0 bridgehead atoms. The Bertz CT molecular complexity index is 860. The van der Waals surface area contributed by atoms with Gasteiger partial charge < -0.3 is 14.0 Å². The third-order valence-electron chi connectivity index (χ3n) is 2.73. The van der Waals surface area contributed by atoms with E-state index < -0.39 is 33.6 Å². The summed E-state index contributed by atoms with van der Waals surface area (Å²) in [7, 11) is -4.56. The lowest BCUT2D eigenvalue weighted by Crippen LogP contribution is -2.19. The number of hydrogen-bond donors (Lipinski definition) is 0. The van der Waals surface area contributed by atoms with E-state index in [-0.39, 0.29) is 5.75 Å². The van der Waals surface area contributed by atoms with Crippen LogP contribution in [0.2, 0.25) is 0 Å². The van der Waals surface area contributed by atoms with Crippen LogP contribution in [0.25, 0.3) is 0 Å². The van der Waals surface area contributed by atoms with Crippen molar-refractivity contribution in [1.29, 1.82) is 0 Å². The van der Waals surface area contributed by atoms with Crippen LogP contribution in [0.3, 0.4) is 0 Å². The molecule has 7 nitrogen and oxygen atoms in total. The van der Waals surface area contributed by atoms with Gasteiger partial charge in [-0.3, -0.25) is 0 Å². The highest BCUT2D eigenvalue weighted by Gasteiger charge is 2.12. The zero-order valence-corrected chi connectivity index (χ0v) is 14.9. The average Bonchev–Trinajstić information content (AvgIpc) is 2.52. The molecule has 0 aliphatic rings. The molecule has 0 aromatic heterocycles. The maximum atomic E-state index is 11.8. The molecular weight excluding hydrogens is 451 g/mol. The first-order valence-corrected chi connectivity index (χ1v) is 8.94. The molecule has 0 unspecified atom stereocenters. The summed E-state index contributed by atoms with van der Waals surface area (Å²) >= 11 is 2.04. The lowest BCUT2D eigenvalue weighted by Gasteiger charge is -2.08. The predicted molar refractivity (Wildman–Crippen MR) is 89.5 cm³/mol. The monoisotopic (exact) mass is 461 g/mol. The first-order valence-electron chi connectivity index (χ1n) is 6.45. The number of ether oxygens (including phenoxy) is 2. The molecule has 0 spiro atoms. The second-order valence-electron chi connectivity index (χ2n) is 4.49. The highest BCUT2D eigenvalue weighted by molar-refractivity contribution is 14.1. The topological polar surface area (TPSA) is 110 Å². The number of esters is 2. The van der Waals surface area contributed by atoms with Crippen LogP contribution in [0.15, 0.2) is 53.4 Å². The van der Waals surface area contributed by atoms with Crippen LogP contribution in [0.4, 0.5) is 0 Å². The fourth-order valence-electron chi connectivity index (χ4n) is 1.66. The minimum Gasteiger partial charge on any atom is -0.744 e. The van der Waals surface area contributed by atoms with Crippen LogP contribution < -0.4 is 4.74 Å². The van der Waals surface area contributed by atoms with E-state index in [2.05, 4.69) is 0 Å². The maximum Gasteiger partial charge on any atom is 0.349 e. The van der Waals surface area contributed by atoms with E-state index in [1.54, 1.807) is 24.3 Å². The van der Waals surface area contributed by atoms with Crippen molar-refractivity contribution in [1.82, 2.24) is 0 Å². The Kier molecular flexibility index (Phi) is 5.91. The van der Waals surface area contributed by atoms with Crippen LogP contribution in [-0.4, -0.2) is 31.5 Å². The van der Waals surface area contributed by atoms with Gasteiger partial charge >= 0.3 is 11.9 Å². The molecule has 2 aromatic carbocycles. The van der Waals surface area contributed by atoms with E-state index in [1.165, 1.54) is 0 Å². The molecular formula is C15H10IO7S-. The van der Waals surface area contributed by atoms with Crippen molar-refractivity contribution in [2.45, 2.75) is 4.90 Å². The SMILES string of the molecule is O=C(COC(=O)c1cccc(I)c1)Oc1ccc(S(=O)(=O)[O-])cc1. The van der Waals surface area contributed by atoms with Gasteiger partial charge in [0.1, 0.15) is 15.9 Å². The fraction of sp³-hybridized carbons (Fsp3) is 0.0667. The van der Waals surface area contributed by atoms with E-state index >= 15 is 0 Å². The standard InChI is InChI=1S/C15H11IO7S/c16-11-3-1-2-10(8-11)15(18)22-9-14(17)23-12-4-6-13(7-5-12)24(19,20)21/h1-8H,9H2,(H,19,20,21)/p-1. The van der Waals surface area contributed by atoms with E-state index in [9.17, 15) is 22.6 Å². The van der Waals surface area contributed by atoms with Gasteiger partial charge in [-0.25, -0.2) is 18.0 Å². The van der Waals surface area contributed by atoms with Crippen molar-refractivity contribution < 1.29 is 32.0 Å². The Labute approximate surface area is 151 Å². The first kappa shape index (κ1) is 18.4. The minimum absolute atomic E-state index is 0.0257. The highest BCUT2D eigenvalue weighted by atomic mass is 127. The third-order valence-corrected chi connectivity index (χ3v) is 4.25. The Morgan fingerprint density at radius 2 is 1.75 bits per heavy atom. The van der Waals surface area contributed by atoms with Gasteiger partial charge in [0.25, 0.3) is 0 Å². The van der Waals surface area contributed by atoms with Crippen molar-refractivity contribution in [2.24, 2.45) is 0 Å². The molecule has 0 radical (unpaired) electrons. The summed E-state index contributed by atoms with van der Waals surface area (Å²) in [5, 5.41) is 0. The molecule has 2 rings (SSSR count). The summed E-state index contributed by atoms with van der Waals surface area (Å²) in [6.45, 7) is -0.605. The number of hydrogen-bond acceptors (Lipinski definition) is 7.